The minimum atomic E-state index is -0.635. The van der Waals surface area contributed by atoms with Crippen molar-refractivity contribution in [2.45, 2.75) is 52.5 Å². The van der Waals surface area contributed by atoms with Gasteiger partial charge < -0.3 is 20.7 Å². The molecule has 1 aromatic rings. The average Bonchev–Trinajstić information content (AvgIpc) is 3.61. The van der Waals surface area contributed by atoms with Crippen LogP contribution in [0.1, 0.15) is 52.0 Å². The van der Waals surface area contributed by atoms with Gasteiger partial charge in [-0.3, -0.25) is 14.4 Å². The molecule has 2 rings (SSSR count). The molecule has 0 aromatic heterocycles. The second kappa shape index (κ2) is 13.3. The lowest BCUT2D eigenvalue weighted by molar-refractivity contribution is -0.143. The SMILES string of the molecule is CCOC(=O)CCCNC(=O)C(NC(=O)CNC(/C=C/c1ccccc1)=C1CC1)C(C)C. The Balaban J connectivity index is 1.80. The lowest BCUT2D eigenvalue weighted by Crippen LogP contribution is -2.51. The van der Waals surface area contributed by atoms with Crippen molar-refractivity contribution in [2.75, 3.05) is 19.7 Å². The number of allylic oxidation sites excluding steroid dienone is 2. The van der Waals surface area contributed by atoms with Crippen LogP contribution in [0.5, 0.6) is 0 Å². The number of esters is 1. The van der Waals surface area contributed by atoms with Crippen LogP contribution in [-0.2, 0) is 19.1 Å². The fraction of sp³-hybridized carbons (Fsp3) is 0.480. The molecule has 0 spiro atoms. The van der Waals surface area contributed by atoms with Gasteiger partial charge >= 0.3 is 5.97 Å². The molecule has 1 saturated carbocycles. The molecule has 0 saturated heterocycles. The molecule has 7 nitrogen and oxygen atoms in total. The number of carbonyl (C=O) groups is 3. The fourth-order valence-electron chi connectivity index (χ4n) is 3.10. The van der Waals surface area contributed by atoms with Gasteiger partial charge in [-0.1, -0.05) is 50.3 Å². The van der Waals surface area contributed by atoms with Crippen molar-refractivity contribution in [1.82, 2.24) is 16.0 Å². The van der Waals surface area contributed by atoms with Crippen molar-refractivity contribution < 1.29 is 19.1 Å². The smallest absolute Gasteiger partial charge is 0.305 e. The minimum Gasteiger partial charge on any atom is -0.466 e. The number of benzene rings is 1. The quantitative estimate of drug-likeness (QED) is 0.323. The maximum absolute atomic E-state index is 12.5. The number of amides is 2. The molecular formula is C25H35N3O4. The van der Waals surface area contributed by atoms with Crippen LogP contribution in [0, 0.1) is 5.92 Å². The van der Waals surface area contributed by atoms with Crippen molar-refractivity contribution >= 4 is 23.9 Å². The van der Waals surface area contributed by atoms with Gasteiger partial charge in [-0.25, -0.2) is 0 Å². The highest BCUT2D eigenvalue weighted by atomic mass is 16.5. The lowest BCUT2D eigenvalue weighted by atomic mass is 10.0. The van der Waals surface area contributed by atoms with E-state index in [-0.39, 0.29) is 36.7 Å². The monoisotopic (exact) mass is 441 g/mol. The molecule has 1 unspecified atom stereocenters. The van der Waals surface area contributed by atoms with Crippen molar-refractivity contribution in [3.05, 3.63) is 53.2 Å². The number of hydrogen-bond acceptors (Lipinski definition) is 5. The van der Waals surface area contributed by atoms with Crippen molar-refractivity contribution in [3.8, 4) is 0 Å². The van der Waals surface area contributed by atoms with Gasteiger partial charge in [-0.2, -0.15) is 0 Å². The number of nitrogens with one attached hydrogen (secondary N) is 3. The highest BCUT2D eigenvalue weighted by molar-refractivity contribution is 5.88. The van der Waals surface area contributed by atoms with Crippen LogP contribution in [0.2, 0.25) is 0 Å². The zero-order chi connectivity index (χ0) is 23.3. The third-order valence-electron chi connectivity index (χ3n) is 4.99. The second-order valence-corrected chi connectivity index (χ2v) is 8.10. The van der Waals surface area contributed by atoms with E-state index in [0.29, 0.717) is 19.6 Å². The van der Waals surface area contributed by atoms with Gasteiger partial charge in [-0.05, 0) is 49.3 Å². The van der Waals surface area contributed by atoms with Crippen LogP contribution in [0.15, 0.2) is 47.7 Å². The van der Waals surface area contributed by atoms with E-state index in [1.807, 2.05) is 56.3 Å². The molecule has 174 valence electrons. The Hall–Kier alpha value is -3.09. The molecule has 0 bridgehead atoms. The summed E-state index contributed by atoms with van der Waals surface area (Å²) in [5.41, 5.74) is 3.36. The largest absolute Gasteiger partial charge is 0.466 e. The maximum atomic E-state index is 12.5. The van der Waals surface area contributed by atoms with Crippen molar-refractivity contribution in [2.24, 2.45) is 5.92 Å². The summed E-state index contributed by atoms with van der Waals surface area (Å²) in [6.45, 7) is 6.33. The Bertz CT molecular complexity index is 825. The number of carbonyl (C=O) groups excluding carboxylic acids is 3. The van der Waals surface area contributed by atoms with Crippen LogP contribution >= 0.6 is 0 Å². The highest BCUT2D eigenvalue weighted by Crippen LogP contribution is 2.31. The van der Waals surface area contributed by atoms with Crippen LogP contribution in [-0.4, -0.2) is 43.5 Å². The first-order chi connectivity index (χ1) is 15.4. The van der Waals surface area contributed by atoms with Gasteiger partial charge in [0, 0.05) is 18.7 Å². The van der Waals surface area contributed by atoms with Gasteiger partial charge in [0.05, 0.1) is 13.2 Å². The molecular weight excluding hydrogens is 406 g/mol. The highest BCUT2D eigenvalue weighted by Gasteiger charge is 2.24. The topological polar surface area (TPSA) is 96.5 Å². The number of ether oxygens (including phenoxy) is 1. The molecule has 32 heavy (non-hydrogen) atoms. The van der Waals surface area contributed by atoms with Crippen molar-refractivity contribution in [1.29, 1.82) is 0 Å². The molecule has 0 radical (unpaired) electrons. The molecule has 0 heterocycles. The van der Waals surface area contributed by atoms with Crippen LogP contribution in [0.4, 0.5) is 0 Å². The molecule has 2 amide bonds. The maximum Gasteiger partial charge on any atom is 0.305 e. The zero-order valence-corrected chi connectivity index (χ0v) is 19.3. The first kappa shape index (κ1) is 25.2. The standard InChI is InChI=1S/C25H35N3O4/c1-4-32-23(30)11-8-16-26-25(31)24(18(2)3)28-22(29)17-27-21(20-13-14-20)15-12-19-9-6-5-7-10-19/h5-7,9-10,12,15,18,24,27H,4,8,11,13-14,16-17H2,1-3H3,(H,26,31)(H,28,29)/b15-12+. The van der Waals surface area contributed by atoms with E-state index in [9.17, 15) is 14.4 Å². The molecule has 1 atom stereocenters. The third kappa shape index (κ3) is 9.37. The van der Waals surface area contributed by atoms with E-state index in [1.54, 1.807) is 6.92 Å². The van der Waals surface area contributed by atoms with Crippen LogP contribution < -0.4 is 16.0 Å². The summed E-state index contributed by atoms with van der Waals surface area (Å²) < 4.78 is 4.87. The van der Waals surface area contributed by atoms with Crippen LogP contribution in [0.25, 0.3) is 6.08 Å². The Morgan fingerprint density at radius 3 is 2.44 bits per heavy atom. The van der Waals surface area contributed by atoms with Crippen LogP contribution in [0.3, 0.4) is 0 Å². The van der Waals surface area contributed by atoms with Gasteiger partial charge in [0.25, 0.3) is 0 Å². The molecule has 1 aliphatic rings. The second-order valence-electron chi connectivity index (χ2n) is 8.10. The van der Waals surface area contributed by atoms with E-state index in [4.69, 9.17) is 4.74 Å². The van der Waals surface area contributed by atoms with Gasteiger partial charge in [0.15, 0.2) is 0 Å². The van der Waals surface area contributed by atoms with E-state index < -0.39 is 6.04 Å². The predicted molar refractivity (Wildman–Crippen MR) is 125 cm³/mol. The predicted octanol–water partition coefficient (Wildman–Crippen LogP) is 2.94. The Kier molecular flexibility index (Phi) is 10.5. The summed E-state index contributed by atoms with van der Waals surface area (Å²) in [7, 11) is 0. The molecule has 1 aromatic carbocycles. The zero-order valence-electron chi connectivity index (χ0n) is 19.3. The molecule has 0 aliphatic heterocycles. The van der Waals surface area contributed by atoms with Gasteiger partial charge in [-0.15, -0.1) is 0 Å². The summed E-state index contributed by atoms with van der Waals surface area (Å²) in [4.78, 5) is 36.4. The molecule has 3 N–H and O–H groups in total. The lowest BCUT2D eigenvalue weighted by Gasteiger charge is -2.22. The van der Waals surface area contributed by atoms with E-state index in [2.05, 4.69) is 16.0 Å². The summed E-state index contributed by atoms with van der Waals surface area (Å²) in [6, 6.07) is 9.36. The van der Waals surface area contributed by atoms with Gasteiger partial charge in [0.2, 0.25) is 11.8 Å². The van der Waals surface area contributed by atoms with E-state index in [0.717, 1.165) is 24.1 Å². The van der Waals surface area contributed by atoms with E-state index in [1.165, 1.54) is 5.57 Å². The normalized spacial score (nSPS) is 13.6. The van der Waals surface area contributed by atoms with E-state index >= 15 is 0 Å². The number of hydrogen-bond donors (Lipinski definition) is 3. The molecule has 1 aliphatic carbocycles. The summed E-state index contributed by atoms with van der Waals surface area (Å²) in [6.07, 6.45) is 6.84. The van der Waals surface area contributed by atoms with Crippen molar-refractivity contribution in [3.63, 3.8) is 0 Å². The molecule has 7 heteroatoms. The Morgan fingerprint density at radius 2 is 1.81 bits per heavy atom. The molecule has 1 fully saturated rings. The average molecular weight is 442 g/mol. The summed E-state index contributed by atoms with van der Waals surface area (Å²) in [5, 5.41) is 8.83. The summed E-state index contributed by atoms with van der Waals surface area (Å²) in [5.74, 6) is -0.828. The fourth-order valence-corrected chi connectivity index (χ4v) is 3.10. The summed E-state index contributed by atoms with van der Waals surface area (Å²) >= 11 is 0. The Morgan fingerprint density at radius 1 is 1.09 bits per heavy atom. The number of rotatable bonds is 13. The van der Waals surface area contributed by atoms with Gasteiger partial charge in [0.1, 0.15) is 6.04 Å². The third-order valence-corrected chi connectivity index (χ3v) is 4.99. The first-order valence-electron chi connectivity index (χ1n) is 11.3. The minimum absolute atomic E-state index is 0.0664. The Labute approximate surface area is 190 Å². The first-order valence-corrected chi connectivity index (χ1v) is 11.3.